The SMILES string of the molecule is Nc1ccc(-c2ccc(F)cc2)cc1NC(=O)N1CC2(CCC2)C1. The summed E-state index contributed by atoms with van der Waals surface area (Å²) in [4.78, 5) is 14.2. The van der Waals surface area contributed by atoms with Crippen LogP contribution in [0.5, 0.6) is 0 Å². The maximum Gasteiger partial charge on any atom is 0.321 e. The van der Waals surface area contributed by atoms with Crippen molar-refractivity contribution < 1.29 is 9.18 Å². The van der Waals surface area contributed by atoms with Crippen LogP contribution in [0.1, 0.15) is 19.3 Å². The van der Waals surface area contributed by atoms with Gasteiger partial charge in [0, 0.05) is 18.5 Å². The predicted molar refractivity (Wildman–Crippen MR) is 93.1 cm³/mol. The first-order valence-electron chi connectivity index (χ1n) is 8.26. The molecule has 24 heavy (non-hydrogen) atoms. The Morgan fingerprint density at radius 2 is 1.75 bits per heavy atom. The summed E-state index contributed by atoms with van der Waals surface area (Å²) < 4.78 is 13.1. The molecule has 0 atom stereocenters. The van der Waals surface area contributed by atoms with Gasteiger partial charge in [-0.15, -0.1) is 0 Å². The molecular weight excluding hydrogens is 305 g/mol. The number of likely N-dealkylation sites (tertiary alicyclic amines) is 1. The molecule has 2 aromatic rings. The number of nitrogen functional groups attached to an aromatic ring is 1. The van der Waals surface area contributed by atoms with E-state index in [0.717, 1.165) is 24.2 Å². The second-order valence-electron chi connectivity index (χ2n) is 6.95. The van der Waals surface area contributed by atoms with E-state index in [9.17, 15) is 9.18 Å². The lowest BCUT2D eigenvalue weighted by Crippen LogP contribution is -2.62. The molecule has 1 aliphatic carbocycles. The fourth-order valence-corrected chi connectivity index (χ4v) is 3.58. The number of nitrogens with one attached hydrogen (secondary N) is 1. The van der Waals surface area contributed by atoms with Gasteiger partial charge in [0.25, 0.3) is 0 Å². The van der Waals surface area contributed by atoms with Gasteiger partial charge in [-0.3, -0.25) is 0 Å². The number of rotatable bonds is 2. The van der Waals surface area contributed by atoms with Gasteiger partial charge in [0.15, 0.2) is 0 Å². The minimum atomic E-state index is -0.273. The van der Waals surface area contributed by atoms with Gasteiger partial charge in [0.05, 0.1) is 11.4 Å². The smallest absolute Gasteiger partial charge is 0.321 e. The van der Waals surface area contributed by atoms with Gasteiger partial charge in [-0.05, 0) is 48.2 Å². The number of amides is 2. The second kappa shape index (κ2) is 5.51. The standard InChI is InChI=1S/C19H20FN3O/c20-15-5-2-13(3-6-15)14-4-7-16(21)17(10-14)22-18(24)23-11-19(12-23)8-1-9-19/h2-7,10H,1,8-9,11-12,21H2,(H,22,24). The number of nitrogens with two attached hydrogens (primary N) is 1. The monoisotopic (exact) mass is 325 g/mol. The fourth-order valence-electron chi connectivity index (χ4n) is 3.58. The molecule has 0 unspecified atom stereocenters. The highest BCUT2D eigenvalue weighted by molar-refractivity contribution is 5.94. The third-order valence-electron chi connectivity index (χ3n) is 5.23. The van der Waals surface area contributed by atoms with Crippen LogP contribution in [-0.2, 0) is 0 Å². The Hall–Kier alpha value is -2.56. The first-order chi connectivity index (χ1) is 11.5. The molecule has 2 aromatic carbocycles. The van der Waals surface area contributed by atoms with Crippen LogP contribution < -0.4 is 11.1 Å². The van der Waals surface area contributed by atoms with Crippen LogP contribution in [0.4, 0.5) is 20.6 Å². The second-order valence-corrected chi connectivity index (χ2v) is 6.95. The third-order valence-corrected chi connectivity index (χ3v) is 5.23. The van der Waals surface area contributed by atoms with Crippen molar-refractivity contribution in [3.8, 4) is 11.1 Å². The molecule has 1 saturated carbocycles. The number of anilines is 2. The predicted octanol–water partition coefficient (Wildman–Crippen LogP) is 4.09. The van der Waals surface area contributed by atoms with Crippen molar-refractivity contribution in [2.75, 3.05) is 24.1 Å². The van der Waals surface area contributed by atoms with Crippen molar-refractivity contribution in [1.82, 2.24) is 4.90 Å². The molecule has 0 aromatic heterocycles. The van der Waals surface area contributed by atoms with E-state index in [4.69, 9.17) is 5.73 Å². The first-order valence-corrected chi connectivity index (χ1v) is 8.26. The van der Waals surface area contributed by atoms with E-state index in [2.05, 4.69) is 5.32 Å². The topological polar surface area (TPSA) is 58.4 Å². The highest BCUT2D eigenvalue weighted by Crippen LogP contribution is 2.48. The fraction of sp³-hybridized carbons (Fsp3) is 0.316. The zero-order valence-electron chi connectivity index (χ0n) is 13.4. The maximum atomic E-state index is 13.1. The molecule has 1 saturated heterocycles. The van der Waals surface area contributed by atoms with E-state index < -0.39 is 0 Å². The molecule has 124 valence electrons. The van der Waals surface area contributed by atoms with Crippen LogP contribution in [0.2, 0.25) is 0 Å². The number of urea groups is 1. The van der Waals surface area contributed by atoms with Crippen LogP contribution in [0, 0.1) is 11.2 Å². The summed E-state index contributed by atoms with van der Waals surface area (Å²) in [6.07, 6.45) is 3.75. The number of hydrogen-bond donors (Lipinski definition) is 2. The van der Waals surface area contributed by atoms with E-state index in [1.54, 1.807) is 18.2 Å². The Morgan fingerprint density at radius 1 is 1.08 bits per heavy atom. The summed E-state index contributed by atoms with van der Waals surface area (Å²) in [5.74, 6) is -0.273. The number of halogens is 1. The summed E-state index contributed by atoms with van der Waals surface area (Å²) in [5, 5.41) is 2.91. The molecule has 2 fully saturated rings. The Bertz CT molecular complexity index is 776. The van der Waals surface area contributed by atoms with Gasteiger partial charge in [0.2, 0.25) is 0 Å². The van der Waals surface area contributed by atoms with Gasteiger partial charge < -0.3 is 16.0 Å². The number of carbonyl (C=O) groups is 1. The van der Waals surface area contributed by atoms with Crippen LogP contribution in [0.3, 0.4) is 0 Å². The van der Waals surface area contributed by atoms with Crippen LogP contribution in [0.15, 0.2) is 42.5 Å². The van der Waals surface area contributed by atoms with Crippen molar-refractivity contribution in [2.24, 2.45) is 5.41 Å². The molecule has 2 amide bonds. The maximum absolute atomic E-state index is 13.1. The summed E-state index contributed by atoms with van der Waals surface area (Å²) in [6.45, 7) is 1.69. The van der Waals surface area contributed by atoms with E-state index in [0.29, 0.717) is 16.8 Å². The minimum absolute atomic E-state index is 0.101. The molecule has 0 radical (unpaired) electrons. The largest absolute Gasteiger partial charge is 0.397 e. The lowest BCUT2D eigenvalue weighted by molar-refractivity contribution is -0.0289. The van der Waals surface area contributed by atoms with E-state index in [1.165, 1.54) is 31.4 Å². The van der Waals surface area contributed by atoms with Gasteiger partial charge in [0.1, 0.15) is 5.82 Å². The zero-order valence-corrected chi connectivity index (χ0v) is 13.4. The molecule has 1 spiro atoms. The van der Waals surface area contributed by atoms with Gasteiger partial charge >= 0.3 is 6.03 Å². The lowest BCUT2D eigenvalue weighted by Gasteiger charge is -2.55. The molecule has 1 aliphatic heterocycles. The summed E-state index contributed by atoms with van der Waals surface area (Å²) in [7, 11) is 0. The summed E-state index contributed by atoms with van der Waals surface area (Å²) >= 11 is 0. The number of hydrogen-bond acceptors (Lipinski definition) is 2. The highest BCUT2D eigenvalue weighted by atomic mass is 19.1. The van der Waals surface area contributed by atoms with Crippen molar-refractivity contribution in [2.45, 2.75) is 19.3 Å². The van der Waals surface area contributed by atoms with Crippen LogP contribution >= 0.6 is 0 Å². The average Bonchev–Trinajstić information content (AvgIpc) is 2.47. The molecule has 2 aliphatic rings. The van der Waals surface area contributed by atoms with Gasteiger partial charge in [-0.25, -0.2) is 9.18 Å². The van der Waals surface area contributed by atoms with Crippen molar-refractivity contribution in [1.29, 1.82) is 0 Å². The summed E-state index contributed by atoms with van der Waals surface area (Å²) in [6, 6.07) is 11.6. The Kier molecular flexibility index (Phi) is 3.44. The molecule has 1 heterocycles. The Labute approximate surface area is 140 Å². The van der Waals surface area contributed by atoms with Crippen molar-refractivity contribution in [3.63, 3.8) is 0 Å². The number of carbonyl (C=O) groups excluding carboxylic acids is 1. The minimum Gasteiger partial charge on any atom is -0.397 e. The average molecular weight is 325 g/mol. The number of benzene rings is 2. The third kappa shape index (κ3) is 2.60. The molecule has 4 nitrogen and oxygen atoms in total. The normalized spacial score (nSPS) is 18.0. The van der Waals surface area contributed by atoms with E-state index in [1.807, 2.05) is 17.0 Å². The van der Waals surface area contributed by atoms with Crippen molar-refractivity contribution in [3.05, 3.63) is 48.3 Å². The Morgan fingerprint density at radius 3 is 2.38 bits per heavy atom. The quantitative estimate of drug-likeness (QED) is 0.817. The molecular formula is C19H20FN3O. The van der Waals surface area contributed by atoms with Crippen molar-refractivity contribution >= 4 is 17.4 Å². The van der Waals surface area contributed by atoms with Gasteiger partial charge in [-0.1, -0.05) is 24.6 Å². The zero-order chi connectivity index (χ0) is 16.7. The summed E-state index contributed by atoms with van der Waals surface area (Å²) in [5.41, 5.74) is 9.28. The van der Waals surface area contributed by atoms with Crippen LogP contribution in [0.25, 0.3) is 11.1 Å². The highest BCUT2D eigenvalue weighted by Gasteiger charge is 2.48. The Balaban J connectivity index is 1.49. The molecule has 3 N–H and O–H groups in total. The molecule has 0 bridgehead atoms. The van der Waals surface area contributed by atoms with E-state index in [-0.39, 0.29) is 11.8 Å². The molecule has 5 heteroatoms. The lowest BCUT2D eigenvalue weighted by atomic mass is 9.64. The van der Waals surface area contributed by atoms with Gasteiger partial charge in [-0.2, -0.15) is 0 Å². The first kappa shape index (κ1) is 15.0. The van der Waals surface area contributed by atoms with E-state index >= 15 is 0 Å². The number of nitrogens with zero attached hydrogens (tertiary/aromatic N) is 1. The van der Waals surface area contributed by atoms with Crippen LogP contribution in [-0.4, -0.2) is 24.0 Å². The molecule has 4 rings (SSSR count).